The van der Waals surface area contributed by atoms with Crippen molar-refractivity contribution < 1.29 is 25.2 Å². The van der Waals surface area contributed by atoms with Crippen LogP contribution >= 0.6 is 0 Å². The summed E-state index contributed by atoms with van der Waals surface area (Å²) in [5.41, 5.74) is -0.684. The number of hydrogen-bond acceptors (Lipinski definition) is 4. The van der Waals surface area contributed by atoms with E-state index in [1.165, 1.54) is 5.57 Å². The summed E-state index contributed by atoms with van der Waals surface area (Å²) in [7, 11) is 0. The van der Waals surface area contributed by atoms with Crippen molar-refractivity contribution in [3.05, 3.63) is 11.6 Å². The van der Waals surface area contributed by atoms with Gasteiger partial charge in [-0.05, 0) is 90.3 Å². The van der Waals surface area contributed by atoms with E-state index < -0.39 is 29.7 Å². The molecule has 0 unspecified atom stereocenters. The molecule has 0 saturated heterocycles. The normalized spacial score (nSPS) is 54.4. The number of fused-ring (bicyclic) bond motifs is 7. The van der Waals surface area contributed by atoms with Gasteiger partial charge in [0.05, 0.1) is 23.7 Å². The fraction of sp³-hybridized carbons (Fsp3) is 0.900. The summed E-state index contributed by atoms with van der Waals surface area (Å²) in [6.07, 6.45) is 6.54. The summed E-state index contributed by atoms with van der Waals surface area (Å²) in [5, 5.41) is 44.1. The number of aliphatic carboxylic acids is 1. The molecule has 0 radical (unpaired) electrons. The molecule has 0 aliphatic heterocycles. The SMILES string of the molecule is CC1(C)CC[C@]2(C(=O)O)CC[C@@]3(C)C(=CC[C@@H]4[C@@]5(C)C[C@@H](O)[C@H](O)C(C)(C)[C@@H]5CC[C@]43C)[C@H]2[C@@H]1O. The van der Waals surface area contributed by atoms with Crippen LogP contribution in [0.25, 0.3) is 0 Å². The Labute approximate surface area is 211 Å². The van der Waals surface area contributed by atoms with Crippen molar-refractivity contribution in [3.8, 4) is 0 Å². The third-order valence-electron chi connectivity index (χ3n) is 13.2. The summed E-state index contributed by atoms with van der Waals surface area (Å²) >= 11 is 0. The third kappa shape index (κ3) is 2.95. The van der Waals surface area contributed by atoms with Gasteiger partial charge in [-0.2, -0.15) is 0 Å². The lowest BCUT2D eigenvalue weighted by Gasteiger charge is -2.71. The summed E-state index contributed by atoms with van der Waals surface area (Å²) in [6.45, 7) is 15.6. The Morgan fingerprint density at radius 1 is 0.857 bits per heavy atom. The molecule has 10 atom stereocenters. The molecule has 5 rings (SSSR count). The first-order valence-corrected chi connectivity index (χ1v) is 14.0. The lowest BCUT2D eigenvalue weighted by molar-refractivity contribution is -0.234. The predicted molar refractivity (Wildman–Crippen MR) is 135 cm³/mol. The zero-order valence-corrected chi connectivity index (χ0v) is 22.9. The second-order valence-electron chi connectivity index (χ2n) is 15.2. The van der Waals surface area contributed by atoms with E-state index in [2.05, 4.69) is 54.5 Å². The number of carbonyl (C=O) groups is 1. The average Bonchev–Trinajstić information content (AvgIpc) is 2.75. The summed E-state index contributed by atoms with van der Waals surface area (Å²) in [6, 6.07) is 0. The molecule has 0 aromatic heterocycles. The predicted octanol–water partition coefficient (Wildman–Crippen LogP) is 5.18. The zero-order valence-electron chi connectivity index (χ0n) is 22.9. The van der Waals surface area contributed by atoms with Crippen LogP contribution in [-0.4, -0.2) is 44.7 Å². The fourth-order valence-electron chi connectivity index (χ4n) is 10.7. The topological polar surface area (TPSA) is 98.0 Å². The van der Waals surface area contributed by atoms with Crippen molar-refractivity contribution in [3.63, 3.8) is 0 Å². The van der Waals surface area contributed by atoms with E-state index in [4.69, 9.17) is 0 Å². The van der Waals surface area contributed by atoms with Crippen molar-refractivity contribution in [2.24, 2.45) is 50.2 Å². The molecule has 5 nitrogen and oxygen atoms in total. The van der Waals surface area contributed by atoms with Gasteiger partial charge in [0.25, 0.3) is 0 Å². The quantitative estimate of drug-likeness (QED) is 0.382. The van der Waals surface area contributed by atoms with E-state index in [-0.39, 0.29) is 33.0 Å². The molecule has 5 heteroatoms. The van der Waals surface area contributed by atoms with Gasteiger partial charge >= 0.3 is 5.97 Å². The van der Waals surface area contributed by atoms with E-state index in [9.17, 15) is 25.2 Å². The van der Waals surface area contributed by atoms with Crippen LogP contribution in [0.15, 0.2) is 11.6 Å². The van der Waals surface area contributed by atoms with Gasteiger partial charge in [-0.1, -0.05) is 60.1 Å². The first-order chi connectivity index (χ1) is 16.0. The van der Waals surface area contributed by atoms with Crippen molar-refractivity contribution in [2.75, 3.05) is 0 Å². The highest BCUT2D eigenvalue weighted by Crippen LogP contribution is 2.75. The van der Waals surface area contributed by atoms with Crippen LogP contribution in [0.2, 0.25) is 0 Å². The number of aliphatic hydroxyl groups excluding tert-OH is 3. The van der Waals surface area contributed by atoms with Gasteiger partial charge in [0.1, 0.15) is 0 Å². The van der Waals surface area contributed by atoms with Crippen LogP contribution in [-0.2, 0) is 4.79 Å². The first-order valence-electron chi connectivity index (χ1n) is 14.0. The minimum atomic E-state index is -0.877. The van der Waals surface area contributed by atoms with Crippen molar-refractivity contribution in [1.82, 2.24) is 0 Å². The van der Waals surface area contributed by atoms with Gasteiger partial charge in [-0.15, -0.1) is 0 Å². The third-order valence-corrected chi connectivity index (χ3v) is 13.2. The molecule has 0 bridgehead atoms. The smallest absolute Gasteiger partial charge is 0.310 e. The molecule has 4 saturated carbocycles. The van der Waals surface area contributed by atoms with Gasteiger partial charge in [0, 0.05) is 5.92 Å². The molecule has 0 amide bonds. The Morgan fingerprint density at radius 2 is 1.49 bits per heavy atom. The molecule has 5 aliphatic carbocycles. The van der Waals surface area contributed by atoms with E-state index in [1.54, 1.807) is 0 Å². The number of carboxylic acids is 1. The largest absolute Gasteiger partial charge is 0.481 e. The van der Waals surface area contributed by atoms with Crippen molar-refractivity contribution in [1.29, 1.82) is 0 Å². The molecule has 5 aliphatic rings. The molecule has 0 aromatic rings. The zero-order chi connectivity index (χ0) is 26.0. The van der Waals surface area contributed by atoms with Gasteiger partial charge in [0.2, 0.25) is 0 Å². The number of carboxylic acid groups (broad SMARTS) is 1. The van der Waals surface area contributed by atoms with E-state index in [0.29, 0.717) is 31.1 Å². The summed E-state index contributed by atoms with van der Waals surface area (Å²) in [4.78, 5) is 12.8. The second kappa shape index (κ2) is 7.35. The highest BCUT2D eigenvalue weighted by atomic mass is 16.4. The highest BCUT2D eigenvalue weighted by molar-refractivity contribution is 5.77. The number of aliphatic hydroxyl groups is 3. The van der Waals surface area contributed by atoms with Crippen LogP contribution in [0, 0.1) is 50.2 Å². The molecule has 0 spiro atoms. The molecule has 35 heavy (non-hydrogen) atoms. The highest BCUT2D eigenvalue weighted by Gasteiger charge is 2.71. The lowest BCUT2D eigenvalue weighted by Crippen LogP contribution is -2.68. The Morgan fingerprint density at radius 3 is 2.11 bits per heavy atom. The maximum atomic E-state index is 12.8. The van der Waals surface area contributed by atoms with E-state index >= 15 is 0 Å². The van der Waals surface area contributed by atoms with Crippen LogP contribution in [0.4, 0.5) is 0 Å². The Balaban J connectivity index is 1.63. The van der Waals surface area contributed by atoms with Gasteiger partial charge in [-0.3, -0.25) is 4.79 Å². The molecule has 0 aromatic carbocycles. The Kier molecular flexibility index (Phi) is 5.40. The van der Waals surface area contributed by atoms with Crippen LogP contribution in [0.3, 0.4) is 0 Å². The van der Waals surface area contributed by atoms with Crippen LogP contribution in [0.5, 0.6) is 0 Å². The van der Waals surface area contributed by atoms with E-state index in [0.717, 1.165) is 32.1 Å². The standard InChI is InChI=1S/C30H48O5/c1-25(2)12-14-30(24(34)35)15-13-28(6)17(21(30)23(25)33)8-9-20-27(5)16-18(31)22(32)26(3,4)19(27)10-11-29(20,28)7/h8,18-23,31-33H,9-16H2,1-7H3,(H,34,35)/t18-,19+,20-,21+,22+,23+,27+,28+,29-,30+/m1/s1. The Bertz CT molecular complexity index is 952. The lowest BCUT2D eigenvalue weighted by atomic mass is 9.33. The maximum Gasteiger partial charge on any atom is 0.310 e. The molecular formula is C30H48O5. The second-order valence-corrected chi connectivity index (χ2v) is 15.2. The maximum absolute atomic E-state index is 12.8. The van der Waals surface area contributed by atoms with Crippen LogP contribution < -0.4 is 0 Å². The van der Waals surface area contributed by atoms with Gasteiger partial charge in [-0.25, -0.2) is 0 Å². The molecule has 0 heterocycles. The number of rotatable bonds is 1. The Hall–Kier alpha value is -0.910. The fourth-order valence-corrected chi connectivity index (χ4v) is 10.7. The average molecular weight is 489 g/mol. The molecular weight excluding hydrogens is 440 g/mol. The van der Waals surface area contributed by atoms with Gasteiger partial charge < -0.3 is 20.4 Å². The minimum absolute atomic E-state index is 0.0492. The van der Waals surface area contributed by atoms with Crippen molar-refractivity contribution in [2.45, 2.75) is 118 Å². The molecule has 198 valence electrons. The van der Waals surface area contributed by atoms with Crippen molar-refractivity contribution >= 4 is 5.97 Å². The molecule has 4 N–H and O–H groups in total. The first kappa shape index (κ1) is 25.7. The monoisotopic (exact) mass is 488 g/mol. The molecule has 4 fully saturated rings. The van der Waals surface area contributed by atoms with Crippen LogP contribution in [0.1, 0.15) is 99.8 Å². The minimum Gasteiger partial charge on any atom is -0.481 e. The summed E-state index contributed by atoms with van der Waals surface area (Å²) < 4.78 is 0. The van der Waals surface area contributed by atoms with Gasteiger partial charge in [0.15, 0.2) is 0 Å². The van der Waals surface area contributed by atoms with E-state index in [1.807, 2.05) is 0 Å². The summed E-state index contributed by atoms with van der Waals surface area (Å²) in [5.74, 6) is -0.420. The number of allylic oxidation sites excluding steroid dienone is 1. The number of hydrogen-bond donors (Lipinski definition) is 4.